The number of H-pyrrole nitrogens is 1. The number of pyridine rings is 1. The van der Waals surface area contributed by atoms with Gasteiger partial charge in [-0.05, 0) is 34.1 Å². The van der Waals surface area contributed by atoms with Crippen LogP contribution in [0, 0.1) is 0 Å². The maximum Gasteiger partial charge on any atom is 0.255 e. The molecule has 140 valence electrons. The van der Waals surface area contributed by atoms with E-state index in [0.717, 1.165) is 40.8 Å². The van der Waals surface area contributed by atoms with Gasteiger partial charge in [-0.3, -0.25) is 14.7 Å². The lowest BCUT2D eigenvalue weighted by Crippen LogP contribution is -2.35. The second-order valence-electron chi connectivity index (χ2n) is 6.88. The number of rotatable bonds is 3. The molecule has 0 atom stereocenters. The molecule has 0 spiro atoms. The van der Waals surface area contributed by atoms with E-state index in [1.54, 1.807) is 23.7 Å². The molecule has 5 nitrogen and oxygen atoms in total. The van der Waals surface area contributed by atoms with Gasteiger partial charge in [0.15, 0.2) is 0 Å². The summed E-state index contributed by atoms with van der Waals surface area (Å²) in [6.07, 6.45) is 4.21. The molecular formula is C21H17BrN4OS. The molecule has 7 heteroatoms. The van der Waals surface area contributed by atoms with E-state index in [9.17, 15) is 4.79 Å². The summed E-state index contributed by atoms with van der Waals surface area (Å²) in [5, 5.41) is 1.25. The van der Waals surface area contributed by atoms with Crippen molar-refractivity contribution in [3.63, 3.8) is 0 Å². The molecule has 5 rings (SSSR count). The zero-order valence-electron chi connectivity index (χ0n) is 15.0. The predicted molar refractivity (Wildman–Crippen MR) is 115 cm³/mol. The van der Waals surface area contributed by atoms with E-state index in [1.807, 2.05) is 12.1 Å². The standard InChI is InChI=1S/C21H17BrN4OS/c22-19-14-5-1-2-6-17(14)28-18(19)12-26-9-7-16-15(11-26)21(27)25-20(24-16)13-4-3-8-23-10-13/h1-6,8,10H,7,9,11-12H2,(H,24,25,27). The van der Waals surface area contributed by atoms with Crippen LogP contribution in [0.2, 0.25) is 0 Å². The van der Waals surface area contributed by atoms with Crippen molar-refractivity contribution in [2.24, 2.45) is 0 Å². The summed E-state index contributed by atoms with van der Waals surface area (Å²) in [5.41, 5.74) is 2.45. The number of halogens is 1. The van der Waals surface area contributed by atoms with Gasteiger partial charge in [0.1, 0.15) is 5.82 Å². The fourth-order valence-electron chi connectivity index (χ4n) is 3.62. The minimum Gasteiger partial charge on any atom is -0.306 e. The molecule has 1 aliphatic heterocycles. The van der Waals surface area contributed by atoms with Crippen LogP contribution in [0.25, 0.3) is 21.5 Å². The van der Waals surface area contributed by atoms with Crippen LogP contribution in [0.1, 0.15) is 16.1 Å². The Morgan fingerprint density at radius 2 is 2.11 bits per heavy atom. The fourth-order valence-corrected chi connectivity index (χ4v) is 5.61. The first-order chi connectivity index (χ1) is 13.7. The second-order valence-corrected chi connectivity index (χ2v) is 8.81. The molecule has 1 aromatic carbocycles. The van der Waals surface area contributed by atoms with E-state index in [4.69, 9.17) is 4.98 Å². The average molecular weight is 453 g/mol. The lowest BCUT2D eigenvalue weighted by Gasteiger charge is -2.27. The number of thiophene rings is 1. The van der Waals surface area contributed by atoms with Crippen molar-refractivity contribution in [2.45, 2.75) is 19.5 Å². The van der Waals surface area contributed by atoms with Crippen LogP contribution in [0.15, 0.2) is 58.1 Å². The Morgan fingerprint density at radius 1 is 1.21 bits per heavy atom. The van der Waals surface area contributed by atoms with Gasteiger partial charge in [0.25, 0.3) is 5.56 Å². The van der Waals surface area contributed by atoms with Gasteiger partial charge in [-0.25, -0.2) is 4.98 Å². The minimum atomic E-state index is -0.0519. The summed E-state index contributed by atoms with van der Waals surface area (Å²) >= 11 is 5.56. The molecule has 0 aliphatic carbocycles. The van der Waals surface area contributed by atoms with Crippen LogP contribution in [-0.2, 0) is 19.5 Å². The van der Waals surface area contributed by atoms with E-state index in [-0.39, 0.29) is 5.56 Å². The molecule has 1 aliphatic rings. The van der Waals surface area contributed by atoms with Gasteiger partial charge in [0.2, 0.25) is 0 Å². The molecule has 0 amide bonds. The van der Waals surface area contributed by atoms with E-state index in [2.05, 4.69) is 55.1 Å². The lowest BCUT2D eigenvalue weighted by molar-refractivity contribution is 0.243. The summed E-state index contributed by atoms with van der Waals surface area (Å²) in [6, 6.07) is 12.2. The molecule has 4 heterocycles. The number of nitrogens with zero attached hydrogens (tertiary/aromatic N) is 3. The van der Waals surface area contributed by atoms with Crippen molar-refractivity contribution < 1.29 is 0 Å². The molecule has 0 bridgehead atoms. The lowest BCUT2D eigenvalue weighted by atomic mass is 10.1. The van der Waals surface area contributed by atoms with Crippen LogP contribution in [-0.4, -0.2) is 26.4 Å². The van der Waals surface area contributed by atoms with Gasteiger partial charge in [-0.2, -0.15) is 0 Å². The summed E-state index contributed by atoms with van der Waals surface area (Å²) in [4.78, 5) is 28.1. The van der Waals surface area contributed by atoms with Crippen LogP contribution in [0.5, 0.6) is 0 Å². The number of hydrogen-bond acceptors (Lipinski definition) is 5. The third kappa shape index (κ3) is 3.19. The van der Waals surface area contributed by atoms with Crippen LogP contribution in [0.4, 0.5) is 0 Å². The largest absolute Gasteiger partial charge is 0.306 e. The zero-order valence-corrected chi connectivity index (χ0v) is 17.4. The number of fused-ring (bicyclic) bond motifs is 2. The van der Waals surface area contributed by atoms with Crippen molar-refractivity contribution >= 4 is 37.4 Å². The third-order valence-corrected chi connectivity index (χ3v) is 7.38. The third-order valence-electron chi connectivity index (χ3n) is 5.05. The van der Waals surface area contributed by atoms with E-state index in [0.29, 0.717) is 12.4 Å². The minimum absolute atomic E-state index is 0.0519. The first-order valence-corrected chi connectivity index (χ1v) is 10.7. The summed E-state index contributed by atoms with van der Waals surface area (Å²) in [7, 11) is 0. The summed E-state index contributed by atoms with van der Waals surface area (Å²) < 4.78 is 2.44. The van der Waals surface area contributed by atoms with Gasteiger partial charge in [0.05, 0.1) is 11.3 Å². The van der Waals surface area contributed by atoms with Crippen molar-refractivity contribution in [2.75, 3.05) is 6.54 Å². The normalized spacial score (nSPS) is 14.3. The molecule has 0 saturated carbocycles. The number of benzene rings is 1. The van der Waals surface area contributed by atoms with Gasteiger partial charge in [-0.15, -0.1) is 11.3 Å². The highest BCUT2D eigenvalue weighted by atomic mass is 79.9. The van der Waals surface area contributed by atoms with Crippen LogP contribution < -0.4 is 5.56 Å². The Morgan fingerprint density at radius 3 is 2.93 bits per heavy atom. The average Bonchev–Trinajstić information content (AvgIpc) is 3.04. The molecule has 0 radical (unpaired) electrons. The highest BCUT2D eigenvalue weighted by Crippen LogP contribution is 2.36. The Bertz CT molecular complexity index is 1220. The number of hydrogen-bond donors (Lipinski definition) is 1. The monoisotopic (exact) mass is 452 g/mol. The summed E-state index contributed by atoms with van der Waals surface area (Å²) in [5.74, 6) is 0.595. The second kappa shape index (κ2) is 7.24. The van der Waals surface area contributed by atoms with Crippen molar-refractivity contribution in [3.8, 4) is 11.4 Å². The Kier molecular flexibility index (Phi) is 4.58. The van der Waals surface area contributed by atoms with Gasteiger partial charge >= 0.3 is 0 Å². The number of aromatic amines is 1. The quantitative estimate of drug-likeness (QED) is 0.501. The Balaban J connectivity index is 1.42. The molecule has 4 aromatic rings. The summed E-state index contributed by atoms with van der Waals surface area (Å²) in [6.45, 7) is 2.32. The highest BCUT2D eigenvalue weighted by Gasteiger charge is 2.23. The molecular weight excluding hydrogens is 436 g/mol. The van der Waals surface area contributed by atoms with Crippen molar-refractivity contribution in [1.29, 1.82) is 0 Å². The molecule has 28 heavy (non-hydrogen) atoms. The molecule has 0 unspecified atom stereocenters. The van der Waals surface area contributed by atoms with Crippen LogP contribution in [0.3, 0.4) is 0 Å². The smallest absolute Gasteiger partial charge is 0.255 e. The zero-order chi connectivity index (χ0) is 19.1. The molecule has 0 saturated heterocycles. The Labute approximate surface area is 174 Å². The number of nitrogens with one attached hydrogen (secondary N) is 1. The fraction of sp³-hybridized carbons (Fsp3) is 0.190. The molecule has 1 N–H and O–H groups in total. The van der Waals surface area contributed by atoms with E-state index >= 15 is 0 Å². The van der Waals surface area contributed by atoms with E-state index in [1.165, 1.54) is 15.0 Å². The van der Waals surface area contributed by atoms with Crippen molar-refractivity contribution in [1.82, 2.24) is 19.9 Å². The SMILES string of the molecule is O=c1[nH]c(-c2cccnc2)nc2c1CN(Cc1sc3ccccc3c1Br)CC2. The number of aromatic nitrogens is 3. The highest BCUT2D eigenvalue weighted by molar-refractivity contribution is 9.10. The molecule has 3 aromatic heterocycles. The first kappa shape index (κ1) is 17.7. The topological polar surface area (TPSA) is 61.9 Å². The maximum atomic E-state index is 12.7. The van der Waals surface area contributed by atoms with Crippen LogP contribution >= 0.6 is 27.3 Å². The molecule has 0 fully saturated rings. The van der Waals surface area contributed by atoms with Gasteiger partial charge in [0, 0.05) is 63.4 Å². The predicted octanol–water partition coefficient (Wildman–Crippen LogP) is 4.37. The Hall–Kier alpha value is -2.35. The van der Waals surface area contributed by atoms with Gasteiger partial charge in [-0.1, -0.05) is 18.2 Å². The van der Waals surface area contributed by atoms with Gasteiger partial charge < -0.3 is 4.98 Å². The van der Waals surface area contributed by atoms with E-state index < -0.39 is 0 Å². The first-order valence-electron chi connectivity index (χ1n) is 9.10. The maximum absolute atomic E-state index is 12.7. The van der Waals surface area contributed by atoms with Crippen molar-refractivity contribution in [3.05, 3.63) is 79.8 Å².